The van der Waals surface area contributed by atoms with Crippen molar-refractivity contribution >= 4 is 11.6 Å². The normalized spacial score (nSPS) is 10.5. The van der Waals surface area contributed by atoms with Gasteiger partial charge >= 0.3 is 5.69 Å². The summed E-state index contributed by atoms with van der Waals surface area (Å²) >= 11 is 0. The minimum Gasteiger partial charge on any atom is -0.497 e. The van der Waals surface area contributed by atoms with Gasteiger partial charge in [0.25, 0.3) is 5.91 Å². The number of hydrogen-bond donors (Lipinski definition) is 2. The predicted octanol–water partition coefficient (Wildman–Crippen LogP) is 1.55. The smallest absolute Gasteiger partial charge is 0.340 e. The van der Waals surface area contributed by atoms with E-state index < -0.39 is 5.69 Å². The zero-order chi connectivity index (χ0) is 16.2. The first-order valence-electron chi connectivity index (χ1n) is 6.80. The van der Waals surface area contributed by atoms with E-state index in [2.05, 4.69) is 15.2 Å². The van der Waals surface area contributed by atoms with E-state index in [1.54, 1.807) is 43.5 Å². The second kappa shape index (κ2) is 6.22. The molecule has 2 N–H and O–H groups in total. The minimum absolute atomic E-state index is 0.0748. The van der Waals surface area contributed by atoms with Crippen molar-refractivity contribution in [3.63, 3.8) is 0 Å². The van der Waals surface area contributed by atoms with Crippen LogP contribution in [0.1, 0.15) is 16.4 Å². The van der Waals surface area contributed by atoms with Crippen molar-refractivity contribution in [1.82, 2.24) is 15.2 Å². The molecule has 0 atom stereocenters. The number of carbonyl (C=O) groups excluding carboxylic acids is 1. The Morgan fingerprint density at radius 1 is 1.35 bits per heavy atom. The van der Waals surface area contributed by atoms with Crippen molar-refractivity contribution in [1.29, 1.82) is 0 Å². The van der Waals surface area contributed by atoms with Crippen LogP contribution in [0.15, 0.2) is 51.9 Å². The van der Waals surface area contributed by atoms with E-state index in [0.717, 1.165) is 0 Å². The molecular formula is C15H14N4O4. The fourth-order valence-electron chi connectivity index (χ4n) is 2.12. The van der Waals surface area contributed by atoms with Gasteiger partial charge in [0.1, 0.15) is 5.75 Å². The minimum atomic E-state index is -0.434. The second-order valence-corrected chi connectivity index (χ2v) is 4.69. The second-order valence-electron chi connectivity index (χ2n) is 4.69. The molecule has 23 heavy (non-hydrogen) atoms. The third-order valence-electron chi connectivity index (χ3n) is 3.20. The maximum atomic E-state index is 12.7. The number of ether oxygens (including phenoxy) is 1. The van der Waals surface area contributed by atoms with Crippen molar-refractivity contribution in [2.75, 3.05) is 12.0 Å². The van der Waals surface area contributed by atoms with Crippen molar-refractivity contribution < 1.29 is 13.9 Å². The van der Waals surface area contributed by atoms with E-state index in [-0.39, 0.29) is 18.2 Å². The first-order chi connectivity index (χ1) is 11.2. The highest BCUT2D eigenvalue weighted by atomic mass is 16.5. The van der Waals surface area contributed by atoms with Crippen LogP contribution in [0, 0.1) is 0 Å². The SMILES string of the molecule is COc1cccc(N(Cc2n[nH]c(=O)[nH]2)C(=O)c2ccco2)c1. The molecule has 0 aliphatic rings. The average molecular weight is 314 g/mol. The summed E-state index contributed by atoms with van der Waals surface area (Å²) in [6.45, 7) is 0.0748. The van der Waals surface area contributed by atoms with E-state index >= 15 is 0 Å². The summed E-state index contributed by atoms with van der Waals surface area (Å²) in [7, 11) is 1.54. The third kappa shape index (κ3) is 3.15. The summed E-state index contributed by atoms with van der Waals surface area (Å²) in [5.74, 6) is 0.769. The molecule has 0 fully saturated rings. The lowest BCUT2D eigenvalue weighted by molar-refractivity contribution is 0.0957. The number of anilines is 1. The van der Waals surface area contributed by atoms with Crippen molar-refractivity contribution in [3.05, 3.63) is 64.7 Å². The van der Waals surface area contributed by atoms with Crippen LogP contribution >= 0.6 is 0 Å². The van der Waals surface area contributed by atoms with Gasteiger partial charge in [0, 0.05) is 11.8 Å². The third-order valence-corrected chi connectivity index (χ3v) is 3.20. The van der Waals surface area contributed by atoms with E-state index in [4.69, 9.17) is 9.15 Å². The molecule has 0 aliphatic carbocycles. The number of hydrogen-bond acceptors (Lipinski definition) is 5. The van der Waals surface area contributed by atoms with Gasteiger partial charge < -0.3 is 9.15 Å². The van der Waals surface area contributed by atoms with Crippen LogP contribution < -0.4 is 15.3 Å². The van der Waals surface area contributed by atoms with Crippen molar-refractivity contribution in [3.8, 4) is 5.75 Å². The van der Waals surface area contributed by atoms with Crippen LogP contribution in [0.25, 0.3) is 0 Å². The Labute approximate surface area is 130 Å². The molecule has 8 nitrogen and oxygen atoms in total. The molecule has 0 bridgehead atoms. The summed E-state index contributed by atoms with van der Waals surface area (Å²) in [6.07, 6.45) is 1.42. The monoisotopic (exact) mass is 314 g/mol. The lowest BCUT2D eigenvalue weighted by Gasteiger charge is -2.21. The number of methoxy groups -OCH3 is 1. The van der Waals surface area contributed by atoms with Crippen molar-refractivity contribution in [2.24, 2.45) is 0 Å². The van der Waals surface area contributed by atoms with E-state index in [9.17, 15) is 9.59 Å². The fourth-order valence-corrected chi connectivity index (χ4v) is 2.12. The number of aromatic nitrogens is 3. The Kier molecular flexibility index (Phi) is 3.96. The molecule has 118 valence electrons. The summed E-state index contributed by atoms with van der Waals surface area (Å²) < 4.78 is 10.4. The standard InChI is InChI=1S/C15H14N4O4/c1-22-11-5-2-4-10(8-11)19(9-13-16-15(21)18-17-13)14(20)12-6-3-7-23-12/h2-8H,9H2,1H3,(H2,16,17,18,21). The molecule has 2 aromatic heterocycles. The molecule has 1 aromatic carbocycles. The maximum absolute atomic E-state index is 12.7. The molecule has 0 radical (unpaired) electrons. The van der Waals surface area contributed by atoms with Crippen LogP contribution in [0.2, 0.25) is 0 Å². The summed E-state index contributed by atoms with van der Waals surface area (Å²) in [5, 5.41) is 6.11. The van der Waals surface area contributed by atoms with Gasteiger partial charge in [-0.15, -0.1) is 0 Å². The van der Waals surface area contributed by atoms with Gasteiger partial charge in [-0.25, -0.2) is 9.89 Å². The first kappa shape index (κ1) is 14.6. The highest BCUT2D eigenvalue weighted by Crippen LogP contribution is 2.24. The zero-order valence-corrected chi connectivity index (χ0v) is 12.3. The molecule has 0 aliphatic heterocycles. The number of H-pyrrole nitrogens is 2. The van der Waals surface area contributed by atoms with E-state index in [1.165, 1.54) is 11.2 Å². The Balaban J connectivity index is 1.98. The van der Waals surface area contributed by atoms with Crippen LogP contribution in [-0.2, 0) is 6.54 Å². The fraction of sp³-hybridized carbons (Fsp3) is 0.133. The Morgan fingerprint density at radius 3 is 2.87 bits per heavy atom. The van der Waals surface area contributed by atoms with Crippen LogP contribution in [0.3, 0.4) is 0 Å². The van der Waals surface area contributed by atoms with Gasteiger partial charge in [0.15, 0.2) is 11.6 Å². The van der Waals surface area contributed by atoms with E-state index in [1.807, 2.05) is 0 Å². The Bertz CT molecular complexity index is 850. The number of nitrogens with one attached hydrogen (secondary N) is 2. The van der Waals surface area contributed by atoms with Gasteiger partial charge in [-0.05, 0) is 24.3 Å². The van der Waals surface area contributed by atoms with Crippen LogP contribution in [0.5, 0.6) is 5.75 Å². The topological polar surface area (TPSA) is 104 Å². The number of amides is 1. The molecule has 3 aromatic rings. The van der Waals surface area contributed by atoms with Gasteiger partial charge in [-0.1, -0.05) is 6.07 Å². The number of furan rings is 1. The number of nitrogens with zero attached hydrogens (tertiary/aromatic N) is 2. The summed E-state index contributed by atoms with van der Waals surface area (Å²) in [5.41, 5.74) is 0.158. The lowest BCUT2D eigenvalue weighted by Crippen LogP contribution is -2.30. The molecule has 0 spiro atoms. The van der Waals surface area contributed by atoms with Crippen molar-refractivity contribution in [2.45, 2.75) is 6.54 Å². The molecule has 3 rings (SSSR count). The molecular weight excluding hydrogens is 300 g/mol. The quantitative estimate of drug-likeness (QED) is 0.743. The molecule has 2 heterocycles. The highest BCUT2D eigenvalue weighted by Gasteiger charge is 2.22. The predicted molar refractivity (Wildman–Crippen MR) is 81.4 cm³/mol. The number of rotatable bonds is 5. The van der Waals surface area contributed by atoms with Gasteiger partial charge in [-0.2, -0.15) is 5.10 Å². The average Bonchev–Trinajstić information content (AvgIpc) is 3.24. The number of carbonyl (C=O) groups is 1. The lowest BCUT2D eigenvalue weighted by atomic mass is 10.2. The number of benzene rings is 1. The Morgan fingerprint density at radius 2 is 2.22 bits per heavy atom. The molecule has 8 heteroatoms. The maximum Gasteiger partial charge on any atom is 0.340 e. The summed E-state index contributed by atoms with van der Waals surface area (Å²) in [4.78, 5) is 27.8. The number of aromatic amines is 2. The highest BCUT2D eigenvalue weighted by molar-refractivity contribution is 6.04. The van der Waals surface area contributed by atoms with Crippen LogP contribution in [0.4, 0.5) is 5.69 Å². The van der Waals surface area contributed by atoms with E-state index in [0.29, 0.717) is 17.3 Å². The molecule has 1 amide bonds. The van der Waals surface area contributed by atoms with Gasteiger partial charge in [-0.3, -0.25) is 14.7 Å². The van der Waals surface area contributed by atoms with Crippen LogP contribution in [-0.4, -0.2) is 28.2 Å². The first-order valence-corrected chi connectivity index (χ1v) is 6.80. The molecule has 0 unspecified atom stereocenters. The Hall–Kier alpha value is -3.29. The zero-order valence-electron chi connectivity index (χ0n) is 12.3. The molecule has 0 saturated heterocycles. The summed E-state index contributed by atoms with van der Waals surface area (Å²) in [6, 6.07) is 10.2. The van der Waals surface area contributed by atoms with Gasteiger partial charge in [0.2, 0.25) is 0 Å². The largest absolute Gasteiger partial charge is 0.497 e. The molecule has 0 saturated carbocycles. The van der Waals surface area contributed by atoms with Gasteiger partial charge in [0.05, 0.1) is 19.9 Å².